The molecular weight excluding hydrogens is 164 g/mol. The Kier molecular flexibility index (Phi) is 9.44. The molecule has 1 unspecified atom stereocenters. The molecule has 0 saturated heterocycles. The molecule has 78 valence electrons. The van der Waals surface area contributed by atoms with E-state index in [1.54, 1.807) is 0 Å². The van der Waals surface area contributed by atoms with Crippen molar-refractivity contribution in [3.8, 4) is 0 Å². The molecule has 0 spiro atoms. The summed E-state index contributed by atoms with van der Waals surface area (Å²) in [5.41, 5.74) is 0. The number of hydrogen-bond donors (Lipinski definition) is 1. The van der Waals surface area contributed by atoms with E-state index in [1.165, 1.54) is 32.1 Å². The van der Waals surface area contributed by atoms with Crippen LogP contribution < -0.4 is 0 Å². The second kappa shape index (κ2) is 9.72. The molecular formula is C11H22O2. The first-order chi connectivity index (χ1) is 6.31. The number of hydrogen-bond acceptors (Lipinski definition) is 2. The minimum absolute atomic E-state index is 0.622. The van der Waals surface area contributed by atoms with Crippen LogP contribution in [-0.2, 0) is 4.79 Å². The molecule has 0 radical (unpaired) electrons. The summed E-state index contributed by atoms with van der Waals surface area (Å²) in [6, 6.07) is 0. The number of carbonyl (C=O) groups is 1. The number of aldehydes is 1. The van der Waals surface area contributed by atoms with Gasteiger partial charge in [-0.05, 0) is 6.42 Å². The molecule has 0 saturated carbocycles. The lowest BCUT2D eigenvalue weighted by Crippen LogP contribution is -2.06. The van der Waals surface area contributed by atoms with Crippen LogP contribution in [0.3, 0.4) is 0 Å². The van der Waals surface area contributed by atoms with E-state index in [4.69, 9.17) is 5.11 Å². The molecule has 0 aliphatic carbocycles. The fraction of sp³-hybridized carbons (Fsp3) is 0.909. The monoisotopic (exact) mass is 186 g/mol. The van der Waals surface area contributed by atoms with Gasteiger partial charge in [-0.2, -0.15) is 0 Å². The minimum atomic E-state index is -0.726. The topological polar surface area (TPSA) is 37.3 Å². The molecule has 0 rings (SSSR count). The van der Waals surface area contributed by atoms with Gasteiger partial charge in [-0.1, -0.05) is 51.9 Å². The van der Waals surface area contributed by atoms with E-state index in [1.807, 2.05) is 0 Å². The maximum atomic E-state index is 10.1. The predicted molar refractivity (Wildman–Crippen MR) is 54.7 cm³/mol. The van der Waals surface area contributed by atoms with Crippen LogP contribution in [0, 0.1) is 0 Å². The number of aliphatic hydroxyl groups is 1. The van der Waals surface area contributed by atoms with Crippen molar-refractivity contribution in [1.82, 2.24) is 0 Å². The highest BCUT2D eigenvalue weighted by Crippen LogP contribution is 2.08. The zero-order chi connectivity index (χ0) is 9.94. The summed E-state index contributed by atoms with van der Waals surface area (Å²) < 4.78 is 0. The molecule has 0 fully saturated rings. The van der Waals surface area contributed by atoms with Gasteiger partial charge in [0.05, 0.1) is 0 Å². The van der Waals surface area contributed by atoms with Crippen molar-refractivity contribution in [2.24, 2.45) is 0 Å². The van der Waals surface area contributed by atoms with Crippen LogP contribution in [0.15, 0.2) is 0 Å². The summed E-state index contributed by atoms with van der Waals surface area (Å²) in [4.78, 5) is 10.1. The van der Waals surface area contributed by atoms with Crippen molar-refractivity contribution in [2.45, 2.75) is 64.4 Å². The average molecular weight is 186 g/mol. The Bertz CT molecular complexity index is 113. The Balaban J connectivity index is 2.95. The van der Waals surface area contributed by atoms with E-state index in [2.05, 4.69) is 6.92 Å². The van der Waals surface area contributed by atoms with Gasteiger partial charge in [0.1, 0.15) is 12.4 Å². The number of rotatable bonds is 9. The maximum absolute atomic E-state index is 10.1. The number of carbonyl (C=O) groups excluding carboxylic acids is 1. The Hall–Kier alpha value is -0.370. The number of unbranched alkanes of at least 4 members (excludes halogenated alkanes) is 6. The summed E-state index contributed by atoms with van der Waals surface area (Å²) in [5.74, 6) is 0. The summed E-state index contributed by atoms with van der Waals surface area (Å²) in [5, 5.41) is 8.93. The van der Waals surface area contributed by atoms with Gasteiger partial charge in [0, 0.05) is 0 Å². The van der Waals surface area contributed by atoms with Crippen molar-refractivity contribution < 1.29 is 9.90 Å². The van der Waals surface area contributed by atoms with Crippen molar-refractivity contribution in [3.05, 3.63) is 0 Å². The molecule has 2 nitrogen and oxygen atoms in total. The first kappa shape index (κ1) is 12.6. The van der Waals surface area contributed by atoms with Crippen LogP contribution in [0.1, 0.15) is 58.3 Å². The molecule has 1 N–H and O–H groups in total. The zero-order valence-electron chi connectivity index (χ0n) is 8.67. The van der Waals surface area contributed by atoms with Crippen LogP contribution in [0.4, 0.5) is 0 Å². The van der Waals surface area contributed by atoms with E-state index in [0.717, 1.165) is 12.8 Å². The molecule has 0 aromatic carbocycles. The molecule has 0 aromatic heterocycles. The first-order valence-electron chi connectivity index (χ1n) is 5.44. The molecule has 0 amide bonds. The van der Waals surface area contributed by atoms with Crippen molar-refractivity contribution in [3.63, 3.8) is 0 Å². The Morgan fingerprint density at radius 1 is 1.08 bits per heavy atom. The first-order valence-corrected chi connectivity index (χ1v) is 5.44. The molecule has 0 bridgehead atoms. The molecule has 0 aliphatic rings. The predicted octanol–water partition coefficient (Wildman–Crippen LogP) is 2.69. The summed E-state index contributed by atoms with van der Waals surface area (Å²) >= 11 is 0. The van der Waals surface area contributed by atoms with Crippen molar-refractivity contribution in [1.29, 1.82) is 0 Å². The molecule has 0 heterocycles. The van der Waals surface area contributed by atoms with E-state index >= 15 is 0 Å². The Morgan fingerprint density at radius 3 is 2.15 bits per heavy atom. The van der Waals surface area contributed by atoms with Crippen molar-refractivity contribution >= 4 is 6.29 Å². The second-order valence-corrected chi connectivity index (χ2v) is 3.61. The lowest BCUT2D eigenvalue weighted by atomic mass is 10.1. The number of aliphatic hydroxyl groups excluding tert-OH is 1. The Labute approximate surface area is 81.3 Å². The average Bonchev–Trinajstić information content (AvgIpc) is 2.16. The highest BCUT2D eigenvalue weighted by molar-refractivity contribution is 5.55. The van der Waals surface area contributed by atoms with Gasteiger partial charge in [0.2, 0.25) is 0 Å². The quantitative estimate of drug-likeness (QED) is 0.444. The third-order valence-corrected chi connectivity index (χ3v) is 2.26. The van der Waals surface area contributed by atoms with Crippen LogP contribution in [-0.4, -0.2) is 17.5 Å². The molecule has 2 heteroatoms. The summed E-state index contributed by atoms with van der Waals surface area (Å²) in [7, 11) is 0. The van der Waals surface area contributed by atoms with Gasteiger partial charge in [0.25, 0.3) is 0 Å². The van der Waals surface area contributed by atoms with Gasteiger partial charge in [-0.15, -0.1) is 0 Å². The van der Waals surface area contributed by atoms with Gasteiger partial charge in [0.15, 0.2) is 0 Å². The Morgan fingerprint density at radius 2 is 1.62 bits per heavy atom. The molecule has 1 atom stereocenters. The fourth-order valence-corrected chi connectivity index (χ4v) is 1.38. The normalized spacial score (nSPS) is 12.8. The van der Waals surface area contributed by atoms with Gasteiger partial charge < -0.3 is 9.90 Å². The molecule has 0 aromatic rings. The lowest BCUT2D eigenvalue weighted by Gasteiger charge is -2.02. The standard InChI is InChI=1S/C11H22O2/c1-2-3-4-5-6-7-8-9-11(13)10-12/h10-11,13H,2-9H2,1H3. The maximum Gasteiger partial charge on any atom is 0.148 e. The third-order valence-electron chi connectivity index (χ3n) is 2.26. The van der Waals surface area contributed by atoms with Gasteiger partial charge in [-0.3, -0.25) is 0 Å². The molecule has 0 aliphatic heterocycles. The van der Waals surface area contributed by atoms with Gasteiger partial charge >= 0.3 is 0 Å². The van der Waals surface area contributed by atoms with E-state index in [-0.39, 0.29) is 0 Å². The van der Waals surface area contributed by atoms with Crippen molar-refractivity contribution in [2.75, 3.05) is 0 Å². The summed E-state index contributed by atoms with van der Waals surface area (Å²) in [6.45, 7) is 2.21. The smallest absolute Gasteiger partial charge is 0.148 e. The zero-order valence-corrected chi connectivity index (χ0v) is 8.67. The summed E-state index contributed by atoms with van der Waals surface area (Å²) in [6.07, 6.45) is 9.13. The van der Waals surface area contributed by atoms with E-state index in [9.17, 15) is 4.79 Å². The van der Waals surface area contributed by atoms with Crippen LogP contribution in [0.2, 0.25) is 0 Å². The second-order valence-electron chi connectivity index (χ2n) is 3.61. The van der Waals surface area contributed by atoms with Crippen LogP contribution >= 0.6 is 0 Å². The lowest BCUT2D eigenvalue weighted by molar-refractivity contribution is -0.115. The van der Waals surface area contributed by atoms with E-state index in [0.29, 0.717) is 12.7 Å². The minimum Gasteiger partial charge on any atom is -0.386 e. The molecule has 13 heavy (non-hydrogen) atoms. The van der Waals surface area contributed by atoms with Gasteiger partial charge in [-0.25, -0.2) is 0 Å². The van der Waals surface area contributed by atoms with Crippen LogP contribution in [0.5, 0.6) is 0 Å². The van der Waals surface area contributed by atoms with Crippen LogP contribution in [0.25, 0.3) is 0 Å². The van der Waals surface area contributed by atoms with E-state index < -0.39 is 6.10 Å². The fourth-order valence-electron chi connectivity index (χ4n) is 1.38. The highest BCUT2D eigenvalue weighted by Gasteiger charge is 1.99. The largest absolute Gasteiger partial charge is 0.386 e. The SMILES string of the molecule is CCCCCCCCCC(O)C=O. The highest BCUT2D eigenvalue weighted by atomic mass is 16.3. The third kappa shape index (κ3) is 9.54.